The summed E-state index contributed by atoms with van der Waals surface area (Å²) in [6, 6.07) is 3.75. The molecule has 0 radical (unpaired) electrons. The van der Waals surface area contributed by atoms with Crippen LogP contribution >= 0.6 is 0 Å². The van der Waals surface area contributed by atoms with Gasteiger partial charge in [0.05, 0.1) is 43.9 Å². The Hall–Kier alpha value is -1.08. The molecular formula is C11H13N3O2S. The van der Waals surface area contributed by atoms with Crippen LogP contribution in [0, 0.1) is 0 Å². The molecule has 1 saturated heterocycles. The Bertz CT molecular complexity index is 510. The fraction of sp³-hybridized carbons (Fsp3) is 0.364. The highest BCUT2D eigenvalue weighted by molar-refractivity contribution is 7.89. The van der Waals surface area contributed by atoms with E-state index in [1.807, 2.05) is 33.2 Å². The Kier molecular flexibility index (Phi) is 3.02. The Balaban J connectivity index is 1.86. The first-order chi connectivity index (χ1) is 8.34. The van der Waals surface area contributed by atoms with E-state index < -0.39 is 11.4 Å². The van der Waals surface area contributed by atoms with Gasteiger partial charge in [-0.05, 0) is 6.07 Å². The summed E-state index contributed by atoms with van der Waals surface area (Å²) in [5, 5.41) is 0. The van der Waals surface area contributed by atoms with Gasteiger partial charge < -0.3 is 13.7 Å². The highest BCUT2D eigenvalue weighted by Gasteiger charge is 2.25. The molecule has 1 aliphatic heterocycles. The molecule has 3 rings (SSSR count). The smallest absolute Gasteiger partial charge is 0.190 e. The van der Waals surface area contributed by atoms with E-state index in [1.165, 1.54) is 0 Å². The van der Waals surface area contributed by atoms with E-state index in [0.717, 1.165) is 10.5 Å². The molecule has 1 aliphatic rings. The second kappa shape index (κ2) is 4.66. The molecule has 3 heterocycles. The van der Waals surface area contributed by atoms with Gasteiger partial charge in [0.25, 0.3) is 0 Å². The van der Waals surface area contributed by atoms with Gasteiger partial charge in [0, 0.05) is 18.5 Å². The lowest BCUT2D eigenvalue weighted by Gasteiger charge is -2.27. The van der Waals surface area contributed by atoms with Crippen LogP contribution in [0.1, 0.15) is 0 Å². The van der Waals surface area contributed by atoms with Crippen LogP contribution in [0.4, 0.5) is 0 Å². The number of ether oxygens (including phenoxy) is 1. The van der Waals surface area contributed by atoms with Gasteiger partial charge in [-0.25, -0.2) is 4.98 Å². The maximum atomic E-state index is 12.3. The average Bonchev–Trinajstić information content (AvgIpc) is 2.86. The average molecular weight is 251 g/mol. The lowest BCUT2D eigenvalue weighted by Crippen LogP contribution is -2.40. The summed E-state index contributed by atoms with van der Waals surface area (Å²) in [5.74, 6) is 0. The van der Waals surface area contributed by atoms with E-state index in [2.05, 4.69) is 4.98 Å². The standard InChI is InChI=1S/C11H13N3O2S/c15-17(14-5-7-16-8-6-14)10-1-2-11-12-3-4-13(11)9-10/h1-4,9H,5-8H2. The molecule has 0 N–H and O–H groups in total. The van der Waals surface area contributed by atoms with Gasteiger partial charge in [-0.3, -0.25) is 0 Å². The molecule has 0 bridgehead atoms. The number of aromatic nitrogens is 2. The fourth-order valence-corrected chi connectivity index (χ4v) is 3.03. The summed E-state index contributed by atoms with van der Waals surface area (Å²) in [5.41, 5.74) is 0.868. The lowest BCUT2D eigenvalue weighted by atomic mass is 10.5. The van der Waals surface area contributed by atoms with Crippen LogP contribution in [0.25, 0.3) is 5.65 Å². The fourth-order valence-electron chi connectivity index (χ4n) is 1.86. The Morgan fingerprint density at radius 1 is 1.29 bits per heavy atom. The highest BCUT2D eigenvalue weighted by Crippen LogP contribution is 2.17. The molecule has 2 aromatic heterocycles. The number of imidazole rings is 1. The van der Waals surface area contributed by atoms with E-state index >= 15 is 0 Å². The first kappa shape index (κ1) is 11.0. The van der Waals surface area contributed by atoms with Crippen LogP contribution < -0.4 is 0 Å². The molecule has 2 aromatic rings. The van der Waals surface area contributed by atoms with Crippen LogP contribution in [0.15, 0.2) is 35.6 Å². The van der Waals surface area contributed by atoms with Gasteiger partial charge in [0.15, 0.2) is 4.90 Å². The van der Waals surface area contributed by atoms with Crippen molar-refractivity contribution in [1.29, 1.82) is 0 Å². The van der Waals surface area contributed by atoms with Crippen LogP contribution in [0.3, 0.4) is 0 Å². The molecule has 90 valence electrons. The maximum Gasteiger partial charge on any atom is 0.190 e. The molecule has 17 heavy (non-hydrogen) atoms. The lowest BCUT2D eigenvalue weighted by molar-refractivity contribution is 0.0730. The Morgan fingerprint density at radius 3 is 2.94 bits per heavy atom. The van der Waals surface area contributed by atoms with Crippen LogP contribution in [-0.2, 0) is 16.1 Å². The van der Waals surface area contributed by atoms with Gasteiger partial charge in [-0.2, -0.15) is 0 Å². The van der Waals surface area contributed by atoms with Crippen LogP contribution in [0.2, 0.25) is 0 Å². The molecule has 1 fully saturated rings. The maximum absolute atomic E-state index is 12.3. The van der Waals surface area contributed by atoms with Crippen molar-refractivity contribution >= 4 is 17.0 Å². The minimum Gasteiger partial charge on any atom is -0.593 e. The molecule has 0 aliphatic carbocycles. The highest BCUT2D eigenvalue weighted by atomic mass is 32.2. The largest absolute Gasteiger partial charge is 0.593 e. The number of fused-ring (bicyclic) bond motifs is 1. The Labute approximate surface area is 102 Å². The van der Waals surface area contributed by atoms with Crippen molar-refractivity contribution in [2.45, 2.75) is 4.90 Å². The molecular weight excluding hydrogens is 238 g/mol. The van der Waals surface area contributed by atoms with Gasteiger partial charge in [-0.15, -0.1) is 4.31 Å². The monoisotopic (exact) mass is 251 g/mol. The van der Waals surface area contributed by atoms with Gasteiger partial charge in [-0.1, -0.05) is 0 Å². The summed E-state index contributed by atoms with van der Waals surface area (Å²) in [6.45, 7) is 2.74. The zero-order valence-corrected chi connectivity index (χ0v) is 10.1. The van der Waals surface area contributed by atoms with E-state index in [1.54, 1.807) is 6.20 Å². The zero-order chi connectivity index (χ0) is 11.7. The summed E-state index contributed by atoms with van der Waals surface area (Å²) in [4.78, 5) is 4.97. The predicted molar refractivity (Wildman–Crippen MR) is 64.0 cm³/mol. The molecule has 0 amide bonds. The minimum atomic E-state index is -1.11. The zero-order valence-electron chi connectivity index (χ0n) is 9.28. The first-order valence-corrected chi connectivity index (χ1v) is 6.62. The van der Waals surface area contributed by atoms with Gasteiger partial charge >= 0.3 is 0 Å². The Morgan fingerprint density at radius 2 is 2.12 bits per heavy atom. The van der Waals surface area contributed by atoms with Crippen molar-refractivity contribution in [2.75, 3.05) is 26.3 Å². The molecule has 1 unspecified atom stereocenters. The van der Waals surface area contributed by atoms with E-state index in [-0.39, 0.29) is 0 Å². The van der Waals surface area contributed by atoms with Crippen molar-refractivity contribution < 1.29 is 9.29 Å². The molecule has 0 aromatic carbocycles. The third-order valence-corrected chi connectivity index (χ3v) is 4.25. The minimum absolute atomic E-state index is 0.652. The van der Waals surface area contributed by atoms with Crippen molar-refractivity contribution in [3.63, 3.8) is 0 Å². The number of nitrogens with zero attached hydrogens (tertiary/aromatic N) is 3. The van der Waals surface area contributed by atoms with Crippen molar-refractivity contribution in [1.82, 2.24) is 13.7 Å². The van der Waals surface area contributed by atoms with Crippen molar-refractivity contribution in [3.8, 4) is 0 Å². The molecule has 0 saturated carbocycles. The SMILES string of the molecule is [O-][S+](c1ccc2nccn2c1)N1CCOCC1. The third kappa shape index (κ3) is 2.16. The van der Waals surface area contributed by atoms with Gasteiger partial charge in [0.2, 0.25) is 0 Å². The number of pyridine rings is 1. The number of hydrogen-bond acceptors (Lipinski definition) is 4. The van der Waals surface area contributed by atoms with E-state index in [0.29, 0.717) is 26.3 Å². The van der Waals surface area contributed by atoms with Gasteiger partial charge in [0.1, 0.15) is 5.65 Å². The summed E-state index contributed by atoms with van der Waals surface area (Å²) < 4.78 is 21.4. The second-order valence-corrected chi connectivity index (χ2v) is 5.33. The molecule has 1 atom stereocenters. The van der Waals surface area contributed by atoms with Crippen LogP contribution in [-0.4, -0.2) is 44.5 Å². The molecule has 5 nitrogen and oxygen atoms in total. The topological polar surface area (TPSA) is 52.8 Å². The van der Waals surface area contributed by atoms with E-state index in [4.69, 9.17) is 4.74 Å². The normalized spacial score (nSPS) is 19.6. The summed E-state index contributed by atoms with van der Waals surface area (Å²) in [6.07, 6.45) is 5.46. The van der Waals surface area contributed by atoms with Crippen molar-refractivity contribution in [3.05, 3.63) is 30.7 Å². The van der Waals surface area contributed by atoms with E-state index in [9.17, 15) is 4.55 Å². The number of rotatable bonds is 2. The molecule has 6 heteroatoms. The number of hydrogen-bond donors (Lipinski definition) is 0. The molecule has 0 spiro atoms. The quantitative estimate of drug-likeness (QED) is 0.737. The van der Waals surface area contributed by atoms with Crippen LogP contribution in [0.5, 0.6) is 0 Å². The summed E-state index contributed by atoms with van der Waals surface area (Å²) >= 11 is -1.11. The predicted octanol–water partition coefficient (Wildman–Crippen LogP) is 0.689. The first-order valence-electron chi connectivity index (χ1n) is 5.52. The third-order valence-electron chi connectivity index (χ3n) is 2.77. The summed E-state index contributed by atoms with van der Waals surface area (Å²) in [7, 11) is 0. The van der Waals surface area contributed by atoms with Crippen molar-refractivity contribution in [2.24, 2.45) is 0 Å². The number of morpholine rings is 1. The second-order valence-electron chi connectivity index (χ2n) is 3.85.